The molecule has 0 aromatic carbocycles. The van der Waals surface area contributed by atoms with Crippen molar-refractivity contribution >= 4 is 19.8 Å². The van der Waals surface area contributed by atoms with Crippen molar-refractivity contribution in [2.24, 2.45) is 5.73 Å². The first-order valence-corrected chi connectivity index (χ1v) is 34.3. The molecule has 9 nitrogen and oxygen atoms in total. The fourth-order valence-corrected chi connectivity index (χ4v) is 10.7. The summed E-state index contributed by atoms with van der Waals surface area (Å²) in [5.41, 5.74) is 5.37. The summed E-state index contributed by atoms with van der Waals surface area (Å²) in [6.07, 6.45) is 74.6. The first kappa shape index (κ1) is 73.5. The number of ether oxygens (including phenoxy) is 2. The molecule has 0 aliphatic heterocycles. The lowest BCUT2D eigenvalue weighted by atomic mass is 10.0. The molecular weight excluding hydrogens is 954 g/mol. The highest BCUT2D eigenvalue weighted by Crippen LogP contribution is 2.43. The zero-order valence-corrected chi connectivity index (χ0v) is 50.7. The Bertz CT molecular complexity index is 1280. The third kappa shape index (κ3) is 61.6. The largest absolute Gasteiger partial charge is 0.472 e. The predicted octanol–water partition coefficient (Wildman–Crippen LogP) is 21.0. The van der Waals surface area contributed by atoms with Crippen molar-refractivity contribution in [2.75, 3.05) is 26.4 Å². The summed E-state index contributed by atoms with van der Waals surface area (Å²) < 4.78 is 33.0. The molecule has 0 spiro atoms. The van der Waals surface area contributed by atoms with Crippen LogP contribution in [0, 0.1) is 0 Å². The molecule has 0 heterocycles. The van der Waals surface area contributed by atoms with E-state index in [9.17, 15) is 19.0 Å². The van der Waals surface area contributed by atoms with Gasteiger partial charge in [0, 0.05) is 19.4 Å². The molecule has 0 radical (unpaired) electrons. The van der Waals surface area contributed by atoms with Gasteiger partial charge in [0.25, 0.3) is 0 Å². The van der Waals surface area contributed by atoms with Gasteiger partial charge >= 0.3 is 19.8 Å². The van der Waals surface area contributed by atoms with Gasteiger partial charge in [0.1, 0.15) is 6.61 Å². The summed E-state index contributed by atoms with van der Waals surface area (Å²) in [5.74, 6) is -0.830. The van der Waals surface area contributed by atoms with Crippen molar-refractivity contribution in [3.05, 3.63) is 24.3 Å². The third-order valence-electron chi connectivity index (χ3n) is 14.8. The lowest BCUT2D eigenvalue weighted by Crippen LogP contribution is -2.29. The molecule has 0 saturated heterocycles. The Hall–Kier alpha value is -1.51. The number of hydrogen-bond acceptors (Lipinski definition) is 8. The van der Waals surface area contributed by atoms with E-state index in [1.54, 1.807) is 0 Å². The maximum Gasteiger partial charge on any atom is 0.472 e. The molecule has 75 heavy (non-hydrogen) atoms. The number of unbranched alkanes of at least 4 members (excludes halogenated alkanes) is 46. The molecule has 0 amide bonds. The van der Waals surface area contributed by atoms with Crippen LogP contribution in [-0.4, -0.2) is 49.3 Å². The number of rotatable bonds is 63. The van der Waals surface area contributed by atoms with Crippen molar-refractivity contribution in [1.29, 1.82) is 0 Å². The molecule has 0 rings (SSSR count). The van der Waals surface area contributed by atoms with E-state index in [-0.39, 0.29) is 38.6 Å². The van der Waals surface area contributed by atoms with Gasteiger partial charge in [0.2, 0.25) is 0 Å². The van der Waals surface area contributed by atoms with Crippen LogP contribution < -0.4 is 5.73 Å². The molecular formula is C65H126NO8P. The highest BCUT2D eigenvalue weighted by Gasteiger charge is 2.26. The topological polar surface area (TPSA) is 134 Å². The van der Waals surface area contributed by atoms with Crippen LogP contribution in [0.25, 0.3) is 0 Å². The maximum atomic E-state index is 12.6. The average molecular weight is 1080 g/mol. The van der Waals surface area contributed by atoms with E-state index in [0.29, 0.717) is 6.42 Å². The zero-order chi connectivity index (χ0) is 54.5. The van der Waals surface area contributed by atoms with Gasteiger partial charge in [0.05, 0.1) is 13.2 Å². The monoisotopic (exact) mass is 1080 g/mol. The molecule has 0 aromatic heterocycles. The smallest absolute Gasteiger partial charge is 0.462 e. The van der Waals surface area contributed by atoms with Gasteiger partial charge in [-0.2, -0.15) is 0 Å². The van der Waals surface area contributed by atoms with E-state index < -0.39 is 26.5 Å². The van der Waals surface area contributed by atoms with E-state index in [1.807, 2.05) is 0 Å². The average Bonchev–Trinajstić information content (AvgIpc) is 3.40. The summed E-state index contributed by atoms with van der Waals surface area (Å²) >= 11 is 0. The quantitative estimate of drug-likeness (QED) is 0.0264. The summed E-state index contributed by atoms with van der Waals surface area (Å²) in [6.45, 7) is 3.71. The van der Waals surface area contributed by atoms with Crippen LogP contribution in [-0.2, 0) is 32.7 Å². The molecule has 10 heteroatoms. The summed E-state index contributed by atoms with van der Waals surface area (Å²) in [4.78, 5) is 35.1. The van der Waals surface area contributed by atoms with Gasteiger partial charge in [-0.25, -0.2) is 4.57 Å². The Morgan fingerprint density at radius 1 is 0.400 bits per heavy atom. The summed E-state index contributed by atoms with van der Waals surface area (Å²) in [7, 11) is -4.38. The predicted molar refractivity (Wildman–Crippen MR) is 321 cm³/mol. The second-order valence-electron chi connectivity index (χ2n) is 22.3. The minimum Gasteiger partial charge on any atom is -0.462 e. The van der Waals surface area contributed by atoms with Crippen LogP contribution in [0.4, 0.5) is 0 Å². The van der Waals surface area contributed by atoms with Crippen LogP contribution in [0.3, 0.4) is 0 Å². The fraction of sp³-hybridized carbons (Fsp3) is 0.908. The molecule has 0 aliphatic rings. The minimum absolute atomic E-state index is 0.0528. The Labute approximate surface area is 465 Å². The van der Waals surface area contributed by atoms with Crippen LogP contribution in [0.1, 0.15) is 348 Å². The molecule has 0 saturated carbocycles. The number of hydrogen-bond donors (Lipinski definition) is 2. The standard InChI is InChI=1S/C65H126NO8P/c1-3-5-7-9-11-13-15-17-18-19-20-21-22-23-24-25-26-27-28-29-30-31-32-33-34-35-36-37-38-39-40-41-42-43-44-46-47-49-51-53-55-57-64(67)71-61-63(62-73-75(69,70)72-60-59-66)74-65(68)58-56-54-52-50-48-45-16-14-12-10-8-6-4-2/h8,10,14,16,63H,3-7,9,11-13,15,17-62,66H2,1-2H3,(H,69,70)/b10-8-,16-14-. The van der Waals surface area contributed by atoms with E-state index in [4.69, 9.17) is 24.3 Å². The number of carbonyl (C=O) groups is 2. The summed E-state index contributed by atoms with van der Waals surface area (Å²) in [5, 5.41) is 0. The molecule has 2 unspecified atom stereocenters. The Morgan fingerprint density at radius 2 is 0.720 bits per heavy atom. The second-order valence-corrected chi connectivity index (χ2v) is 23.8. The molecule has 0 aromatic rings. The van der Waals surface area contributed by atoms with Crippen molar-refractivity contribution in [3.63, 3.8) is 0 Å². The third-order valence-corrected chi connectivity index (χ3v) is 15.8. The van der Waals surface area contributed by atoms with E-state index in [2.05, 4.69) is 38.2 Å². The number of phosphoric ester groups is 1. The zero-order valence-electron chi connectivity index (χ0n) is 49.8. The van der Waals surface area contributed by atoms with Gasteiger partial charge in [-0.1, -0.05) is 321 Å². The maximum absolute atomic E-state index is 12.6. The number of phosphoric acid groups is 1. The van der Waals surface area contributed by atoms with Gasteiger partial charge in [0.15, 0.2) is 6.10 Å². The van der Waals surface area contributed by atoms with Gasteiger partial charge in [-0.3, -0.25) is 18.6 Å². The Morgan fingerprint density at radius 3 is 1.07 bits per heavy atom. The second kappa shape index (κ2) is 61.7. The van der Waals surface area contributed by atoms with Crippen molar-refractivity contribution < 1.29 is 37.6 Å². The normalized spacial score (nSPS) is 13.1. The van der Waals surface area contributed by atoms with Crippen LogP contribution in [0.15, 0.2) is 24.3 Å². The van der Waals surface area contributed by atoms with Crippen LogP contribution in [0.2, 0.25) is 0 Å². The first-order valence-electron chi connectivity index (χ1n) is 32.8. The van der Waals surface area contributed by atoms with E-state index in [0.717, 1.165) is 64.2 Å². The Kier molecular flexibility index (Phi) is 60.5. The molecule has 3 N–H and O–H groups in total. The Balaban J connectivity index is 3.65. The highest BCUT2D eigenvalue weighted by atomic mass is 31.2. The van der Waals surface area contributed by atoms with Gasteiger partial charge in [-0.15, -0.1) is 0 Å². The SMILES string of the molecule is CCC/C=C\C/C=C\CCCCCCCC(=O)OC(COC(=O)CCCCCCCCCCCCCCCCCCCCCCCCCCCCCCCCCCCCCCCCCCC)COP(=O)(O)OCCN. The fourth-order valence-electron chi connectivity index (χ4n) is 9.97. The lowest BCUT2D eigenvalue weighted by molar-refractivity contribution is -0.161. The van der Waals surface area contributed by atoms with Gasteiger partial charge < -0.3 is 20.1 Å². The number of esters is 2. The molecule has 0 aliphatic carbocycles. The molecule has 0 fully saturated rings. The highest BCUT2D eigenvalue weighted by molar-refractivity contribution is 7.47. The van der Waals surface area contributed by atoms with Crippen molar-refractivity contribution in [2.45, 2.75) is 354 Å². The lowest BCUT2D eigenvalue weighted by Gasteiger charge is -2.19. The van der Waals surface area contributed by atoms with Gasteiger partial charge in [-0.05, 0) is 38.5 Å². The number of allylic oxidation sites excluding steroid dienone is 4. The number of carbonyl (C=O) groups excluding carboxylic acids is 2. The first-order chi connectivity index (χ1) is 36.8. The van der Waals surface area contributed by atoms with Crippen LogP contribution in [0.5, 0.6) is 0 Å². The molecule has 444 valence electrons. The minimum atomic E-state index is -4.38. The molecule has 2 atom stereocenters. The van der Waals surface area contributed by atoms with E-state index >= 15 is 0 Å². The number of nitrogens with two attached hydrogens (primary N) is 1. The van der Waals surface area contributed by atoms with Crippen molar-refractivity contribution in [1.82, 2.24) is 0 Å². The summed E-state index contributed by atoms with van der Waals surface area (Å²) in [6, 6.07) is 0. The van der Waals surface area contributed by atoms with Crippen LogP contribution >= 0.6 is 7.82 Å². The van der Waals surface area contributed by atoms with E-state index in [1.165, 1.54) is 250 Å². The molecule has 0 bridgehead atoms. The van der Waals surface area contributed by atoms with Crippen molar-refractivity contribution in [3.8, 4) is 0 Å².